The molecule has 107 valence electrons. The van der Waals surface area contributed by atoms with Crippen LogP contribution < -0.4 is 0 Å². The van der Waals surface area contributed by atoms with Gasteiger partial charge in [-0.1, -0.05) is 84.9 Å². The van der Waals surface area contributed by atoms with Gasteiger partial charge in [0.1, 0.15) is 0 Å². The van der Waals surface area contributed by atoms with Crippen LogP contribution in [0.5, 0.6) is 0 Å². The van der Waals surface area contributed by atoms with Crippen LogP contribution in [0.1, 0.15) is 22.3 Å². The van der Waals surface area contributed by atoms with Crippen molar-refractivity contribution in [2.75, 3.05) is 0 Å². The SMILES string of the molecule is c1ccc([C](c2ccccc2)C2Cc3ccccc3C2)cc1. The lowest BCUT2D eigenvalue weighted by molar-refractivity contribution is 0.612. The lowest BCUT2D eigenvalue weighted by Gasteiger charge is -2.24. The maximum atomic E-state index is 2.28. The van der Waals surface area contributed by atoms with Gasteiger partial charge >= 0.3 is 0 Å². The molecule has 0 saturated carbocycles. The average molecular weight is 283 g/mol. The predicted molar refractivity (Wildman–Crippen MR) is 91.7 cm³/mol. The molecule has 3 aromatic rings. The van der Waals surface area contributed by atoms with Crippen LogP contribution in [-0.4, -0.2) is 0 Å². The van der Waals surface area contributed by atoms with E-state index < -0.39 is 0 Å². The standard InChI is InChI=1S/C22H19/c1-3-9-17(10-4-1)22(18-11-5-2-6-12-18)21-15-19-13-7-8-14-20(19)16-21/h1-14,21H,15-16H2. The zero-order chi connectivity index (χ0) is 14.8. The molecule has 0 heteroatoms. The van der Waals surface area contributed by atoms with Crippen molar-refractivity contribution >= 4 is 0 Å². The van der Waals surface area contributed by atoms with Gasteiger partial charge in [-0.2, -0.15) is 0 Å². The van der Waals surface area contributed by atoms with E-state index in [1.165, 1.54) is 28.2 Å². The van der Waals surface area contributed by atoms with Gasteiger partial charge in [0.2, 0.25) is 0 Å². The molecule has 4 rings (SSSR count). The first kappa shape index (κ1) is 13.3. The normalized spacial score (nSPS) is 14.2. The highest BCUT2D eigenvalue weighted by Crippen LogP contribution is 2.39. The molecule has 3 aromatic carbocycles. The monoisotopic (exact) mass is 283 g/mol. The highest BCUT2D eigenvalue weighted by atomic mass is 14.3. The van der Waals surface area contributed by atoms with E-state index in [1.54, 1.807) is 0 Å². The maximum absolute atomic E-state index is 2.28. The third-order valence-corrected chi connectivity index (χ3v) is 4.63. The predicted octanol–water partition coefficient (Wildman–Crippen LogP) is 5.07. The van der Waals surface area contributed by atoms with Gasteiger partial charge in [0.25, 0.3) is 0 Å². The van der Waals surface area contributed by atoms with Gasteiger partial charge in [0.15, 0.2) is 0 Å². The molecule has 0 N–H and O–H groups in total. The Morgan fingerprint density at radius 3 is 1.41 bits per heavy atom. The molecule has 0 bridgehead atoms. The highest BCUT2D eigenvalue weighted by Gasteiger charge is 2.31. The summed E-state index contributed by atoms with van der Waals surface area (Å²) in [5.74, 6) is 2.06. The van der Waals surface area contributed by atoms with Crippen LogP contribution in [-0.2, 0) is 12.8 Å². The van der Waals surface area contributed by atoms with Crippen molar-refractivity contribution in [2.45, 2.75) is 12.8 Å². The Kier molecular flexibility index (Phi) is 3.52. The van der Waals surface area contributed by atoms with E-state index in [0.717, 1.165) is 12.8 Å². The van der Waals surface area contributed by atoms with Crippen LogP contribution in [0.4, 0.5) is 0 Å². The van der Waals surface area contributed by atoms with Crippen LogP contribution in [0.3, 0.4) is 0 Å². The lowest BCUT2D eigenvalue weighted by Crippen LogP contribution is -2.15. The molecule has 0 nitrogen and oxygen atoms in total. The first-order valence-corrected chi connectivity index (χ1v) is 7.96. The van der Waals surface area contributed by atoms with E-state index in [1.807, 2.05) is 0 Å². The van der Waals surface area contributed by atoms with E-state index in [0.29, 0.717) is 5.92 Å². The van der Waals surface area contributed by atoms with E-state index in [-0.39, 0.29) is 0 Å². The van der Waals surface area contributed by atoms with Crippen molar-refractivity contribution in [1.29, 1.82) is 0 Å². The first-order chi connectivity index (χ1) is 10.9. The molecule has 0 saturated heterocycles. The van der Waals surface area contributed by atoms with E-state index in [9.17, 15) is 0 Å². The van der Waals surface area contributed by atoms with Crippen molar-refractivity contribution in [2.24, 2.45) is 5.92 Å². The van der Waals surface area contributed by atoms with Crippen molar-refractivity contribution in [3.8, 4) is 0 Å². The summed E-state index contributed by atoms with van der Waals surface area (Å²) in [7, 11) is 0. The van der Waals surface area contributed by atoms with Crippen LogP contribution >= 0.6 is 0 Å². The molecule has 1 radical (unpaired) electrons. The smallest absolute Gasteiger partial charge is 0.0377 e. The van der Waals surface area contributed by atoms with Crippen molar-refractivity contribution in [3.05, 3.63) is 113 Å². The molecule has 0 aliphatic heterocycles. The summed E-state index contributed by atoms with van der Waals surface area (Å²) in [4.78, 5) is 0. The lowest BCUT2D eigenvalue weighted by atomic mass is 9.79. The second-order valence-electron chi connectivity index (χ2n) is 6.02. The largest absolute Gasteiger partial charge is 0.0622 e. The number of rotatable bonds is 3. The first-order valence-electron chi connectivity index (χ1n) is 7.96. The molecule has 0 heterocycles. The molecule has 0 spiro atoms. The number of benzene rings is 3. The molecule has 1 aliphatic rings. The second kappa shape index (κ2) is 5.81. The Hall–Kier alpha value is -2.34. The summed E-state index contributed by atoms with van der Waals surface area (Å²) >= 11 is 0. The van der Waals surface area contributed by atoms with Gasteiger partial charge in [-0.05, 0) is 41.0 Å². The molecule has 1 aliphatic carbocycles. The maximum Gasteiger partial charge on any atom is 0.0377 e. The summed E-state index contributed by atoms with van der Waals surface area (Å²) in [6.07, 6.45) is 2.30. The van der Waals surface area contributed by atoms with E-state index in [2.05, 4.69) is 84.9 Å². The summed E-state index contributed by atoms with van der Waals surface area (Å²) in [5.41, 5.74) is 5.73. The minimum atomic E-state index is 0.571. The zero-order valence-electron chi connectivity index (χ0n) is 12.6. The molecule has 0 atom stereocenters. The Bertz CT molecular complexity index is 679. The molecule has 22 heavy (non-hydrogen) atoms. The second-order valence-corrected chi connectivity index (χ2v) is 6.02. The minimum Gasteiger partial charge on any atom is -0.0622 e. The Balaban J connectivity index is 1.74. The fourth-order valence-electron chi connectivity index (χ4n) is 3.64. The molecular formula is C22H19. The summed E-state index contributed by atoms with van der Waals surface area (Å²) in [6.45, 7) is 0. The average Bonchev–Trinajstić information content (AvgIpc) is 3.00. The molecule has 0 amide bonds. The summed E-state index contributed by atoms with van der Waals surface area (Å²) in [5, 5.41) is 0. The summed E-state index contributed by atoms with van der Waals surface area (Å²) < 4.78 is 0. The Morgan fingerprint density at radius 1 is 0.545 bits per heavy atom. The van der Waals surface area contributed by atoms with Gasteiger partial charge in [0.05, 0.1) is 0 Å². The van der Waals surface area contributed by atoms with Crippen LogP contribution in [0.2, 0.25) is 0 Å². The zero-order valence-corrected chi connectivity index (χ0v) is 12.6. The van der Waals surface area contributed by atoms with Crippen LogP contribution in [0.25, 0.3) is 0 Å². The number of hydrogen-bond acceptors (Lipinski definition) is 0. The summed E-state index contributed by atoms with van der Waals surface area (Å²) in [6, 6.07) is 30.6. The van der Waals surface area contributed by atoms with Gasteiger partial charge in [-0.3, -0.25) is 0 Å². The topological polar surface area (TPSA) is 0 Å². The molecular weight excluding hydrogens is 264 g/mol. The third-order valence-electron chi connectivity index (χ3n) is 4.63. The van der Waals surface area contributed by atoms with Gasteiger partial charge in [0, 0.05) is 5.92 Å². The van der Waals surface area contributed by atoms with Gasteiger partial charge in [-0.25, -0.2) is 0 Å². The molecule has 0 unspecified atom stereocenters. The minimum absolute atomic E-state index is 0.571. The Morgan fingerprint density at radius 2 is 0.955 bits per heavy atom. The number of fused-ring (bicyclic) bond motifs is 1. The van der Waals surface area contributed by atoms with Crippen LogP contribution in [0, 0.1) is 11.8 Å². The quantitative estimate of drug-likeness (QED) is 0.629. The van der Waals surface area contributed by atoms with E-state index in [4.69, 9.17) is 0 Å². The fraction of sp³-hybridized carbons (Fsp3) is 0.136. The van der Waals surface area contributed by atoms with Gasteiger partial charge in [-0.15, -0.1) is 0 Å². The van der Waals surface area contributed by atoms with Crippen molar-refractivity contribution in [3.63, 3.8) is 0 Å². The Labute approximate surface area is 132 Å². The number of hydrogen-bond donors (Lipinski definition) is 0. The fourth-order valence-corrected chi connectivity index (χ4v) is 3.64. The van der Waals surface area contributed by atoms with Gasteiger partial charge < -0.3 is 0 Å². The molecule has 0 aromatic heterocycles. The van der Waals surface area contributed by atoms with E-state index >= 15 is 0 Å². The van der Waals surface area contributed by atoms with Crippen molar-refractivity contribution in [1.82, 2.24) is 0 Å². The highest BCUT2D eigenvalue weighted by molar-refractivity contribution is 5.49. The van der Waals surface area contributed by atoms with Crippen LogP contribution in [0.15, 0.2) is 84.9 Å². The van der Waals surface area contributed by atoms with Crippen molar-refractivity contribution < 1.29 is 0 Å². The molecule has 0 fully saturated rings. The third kappa shape index (κ3) is 2.46.